The molecule has 1 N–H and O–H groups in total. The number of imidazole rings is 1. The highest BCUT2D eigenvalue weighted by Gasteiger charge is 2.16. The van der Waals surface area contributed by atoms with Gasteiger partial charge in [-0.3, -0.25) is 9.36 Å². The third kappa shape index (κ3) is 2.79. The van der Waals surface area contributed by atoms with Crippen molar-refractivity contribution in [2.75, 3.05) is 5.32 Å². The molecule has 6 nitrogen and oxygen atoms in total. The van der Waals surface area contributed by atoms with E-state index in [0.29, 0.717) is 5.82 Å². The average molecular weight is 318 g/mol. The van der Waals surface area contributed by atoms with Crippen LogP contribution >= 0.6 is 11.6 Å². The monoisotopic (exact) mass is 317 g/mol. The molecule has 0 unspecified atom stereocenters. The first-order valence-corrected chi connectivity index (χ1v) is 6.58. The predicted octanol–water partition coefficient (Wildman–Crippen LogP) is 2.71. The van der Waals surface area contributed by atoms with Crippen molar-refractivity contribution in [3.05, 3.63) is 65.7 Å². The summed E-state index contributed by atoms with van der Waals surface area (Å²) in [6.07, 6.45) is 6.14. The van der Waals surface area contributed by atoms with Crippen LogP contribution in [0, 0.1) is 5.82 Å². The molecule has 0 aliphatic heterocycles. The van der Waals surface area contributed by atoms with Gasteiger partial charge in [-0.15, -0.1) is 0 Å². The van der Waals surface area contributed by atoms with Crippen molar-refractivity contribution in [1.82, 2.24) is 19.5 Å². The first kappa shape index (κ1) is 14.2. The standard InChI is InChI=1S/C14H9ClFN5O/c15-9-2-1-3-10(16)13(9)14(22)20-11-6-12(19-7-18-11)21-5-4-17-8-21/h1-8H,(H,18,19,20,22). The van der Waals surface area contributed by atoms with Crippen LogP contribution in [0.15, 0.2) is 49.3 Å². The summed E-state index contributed by atoms with van der Waals surface area (Å²) in [6.45, 7) is 0. The third-order valence-corrected chi connectivity index (χ3v) is 3.17. The highest BCUT2D eigenvalue weighted by Crippen LogP contribution is 2.20. The zero-order valence-electron chi connectivity index (χ0n) is 11.1. The quantitative estimate of drug-likeness (QED) is 0.806. The van der Waals surface area contributed by atoms with Gasteiger partial charge in [0, 0.05) is 18.5 Å². The zero-order valence-corrected chi connectivity index (χ0v) is 11.8. The molecule has 2 heterocycles. The van der Waals surface area contributed by atoms with Crippen molar-refractivity contribution in [1.29, 1.82) is 0 Å². The Morgan fingerprint density at radius 1 is 1.32 bits per heavy atom. The maximum atomic E-state index is 13.7. The van der Waals surface area contributed by atoms with Crippen LogP contribution < -0.4 is 5.32 Å². The lowest BCUT2D eigenvalue weighted by Crippen LogP contribution is -2.15. The lowest BCUT2D eigenvalue weighted by Gasteiger charge is -2.08. The fraction of sp³-hybridized carbons (Fsp3) is 0. The summed E-state index contributed by atoms with van der Waals surface area (Å²) < 4.78 is 15.4. The maximum Gasteiger partial charge on any atom is 0.261 e. The van der Waals surface area contributed by atoms with Crippen molar-refractivity contribution < 1.29 is 9.18 Å². The third-order valence-electron chi connectivity index (χ3n) is 2.85. The Morgan fingerprint density at radius 3 is 2.91 bits per heavy atom. The van der Waals surface area contributed by atoms with Crippen molar-refractivity contribution in [3.63, 3.8) is 0 Å². The average Bonchev–Trinajstić information content (AvgIpc) is 3.01. The normalized spacial score (nSPS) is 10.5. The van der Waals surface area contributed by atoms with E-state index in [1.807, 2.05) is 0 Å². The minimum atomic E-state index is -0.700. The lowest BCUT2D eigenvalue weighted by molar-refractivity contribution is 0.102. The summed E-state index contributed by atoms with van der Waals surface area (Å²) in [6, 6.07) is 5.57. The number of nitrogens with zero attached hydrogens (tertiary/aromatic N) is 4. The molecule has 0 bridgehead atoms. The largest absolute Gasteiger partial charge is 0.306 e. The Morgan fingerprint density at radius 2 is 2.18 bits per heavy atom. The molecule has 110 valence electrons. The summed E-state index contributed by atoms with van der Waals surface area (Å²) >= 11 is 5.86. The molecular weight excluding hydrogens is 309 g/mol. The molecule has 8 heteroatoms. The summed E-state index contributed by atoms with van der Waals surface area (Å²) in [5.41, 5.74) is -0.230. The van der Waals surface area contributed by atoms with E-state index in [0.717, 1.165) is 6.07 Å². The van der Waals surface area contributed by atoms with Crippen LogP contribution in [0.1, 0.15) is 10.4 Å². The highest BCUT2D eigenvalue weighted by atomic mass is 35.5. The van der Waals surface area contributed by atoms with Crippen molar-refractivity contribution in [2.24, 2.45) is 0 Å². The van der Waals surface area contributed by atoms with Gasteiger partial charge in [0.15, 0.2) is 0 Å². The summed E-state index contributed by atoms with van der Waals surface area (Å²) in [5, 5.41) is 2.52. The minimum Gasteiger partial charge on any atom is -0.306 e. The Labute approximate surface area is 129 Å². The van der Waals surface area contributed by atoms with Crippen LogP contribution in [0.2, 0.25) is 5.02 Å². The predicted molar refractivity (Wildman–Crippen MR) is 78.5 cm³/mol. The van der Waals surface area contributed by atoms with E-state index in [9.17, 15) is 9.18 Å². The number of nitrogens with one attached hydrogen (secondary N) is 1. The number of carbonyl (C=O) groups excluding carboxylic acids is 1. The number of rotatable bonds is 3. The molecule has 1 aromatic carbocycles. The highest BCUT2D eigenvalue weighted by molar-refractivity contribution is 6.34. The van der Waals surface area contributed by atoms with Gasteiger partial charge >= 0.3 is 0 Å². The molecule has 2 aromatic heterocycles. The van der Waals surface area contributed by atoms with E-state index in [1.165, 1.54) is 24.5 Å². The van der Waals surface area contributed by atoms with Crippen LogP contribution in [0.4, 0.5) is 10.2 Å². The van der Waals surface area contributed by atoms with E-state index in [-0.39, 0.29) is 16.4 Å². The van der Waals surface area contributed by atoms with Crippen LogP contribution in [0.3, 0.4) is 0 Å². The van der Waals surface area contributed by atoms with Gasteiger partial charge in [-0.25, -0.2) is 19.3 Å². The van der Waals surface area contributed by atoms with E-state index < -0.39 is 11.7 Å². The first-order chi connectivity index (χ1) is 10.6. The fourth-order valence-electron chi connectivity index (χ4n) is 1.84. The van der Waals surface area contributed by atoms with Gasteiger partial charge in [0.1, 0.15) is 30.1 Å². The molecule has 0 saturated heterocycles. The molecule has 0 saturated carbocycles. The molecule has 3 aromatic rings. The van der Waals surface area contributed by atoms with Gasteiger partial charge in [0.25, 0.3) is 5.91 Å². The smallest absolute Gasteiger partial charge is 0.261 e. The molecule has 22 heavy (non-hydrogen) atoms. The number of benzene rings is 1. The minimum absolute atomic E-state index is 0.0291. The van der Waals surface area contributed by atoms with Crippen LogP contribution in [-0.2, 0) is 0 Å². The van der Waals surface area contributed by atoms with Crippen LogP contribution in [-0.4, -0.2) is 25.4 Å². The van der Waals surface area contributed by atoms with Crippen LogP contribution in [0.25, 0.3) is 5.82 Å². The summed E-state index contributed by atoms with van der Waals surface area (Å²) in [7, 11) is 0. The Bertz CT molecular complexity index is 802. The second kappa shape index (κ2) is 5.90. The fourth-order valence-corrected chi connectivity index (χ4v) is 2.09. The molecule has 0 spiro atoms. The lowest BCUT2D eigenvalue weighted by atomic mass is 10.2. The van der Waals surface area contributed by atoms with E-state index in [1.54, 1.807) is 23.3 Å². The van der Waals surface area contributed by atoms with Gasteiger partial charge in [0.2, 0.25) is 0 Å². The summed E-state index contributed by atoms with van der Waals surface area (Å²) in [5.74, 6) is -0.641. The van der Waals surface area contributed by atoms with Gasteiger partial charge in [-0.1, -0.05) is 17.7 Å². The first-order valence-electron chi connectivity index (χ1n) is 6.21. The van der Waals surface area contributed by atoms with Crippen molar-refractivity contribution >= 4 is 23.3 Å². The number of hydrogen-bond acceptors (Lipinski definition) is 4. The number of halogens is 2. The number of anilines is 1. The Kier molecular flexibility index (Phi) is 3.80. The molecule has 3 rings (SSSR count). The topological polar surface area (TPSA) is 72.7 Å². The molecule has 0 aliphatic rings. The molecular formula is C14H9ClFN5O. The van der Waals surface area contributed by atoms with Gasteiger partial charge < -0.3 is 5.32 Å². The second-order valence-electron chi connectivity index (χ2n) is 4.28. The molecule has 0 radical (unpaired) electrons. The SMILES string of the molecule is O=C(Nc1cc(-n2ccnc2)ncn1)c1c(F)cccc1Cl. The number of aromatic nitrogens is 4. The van der Waals surface area contributed by atoms with E-state index in [2.05, 4.69) is 20.3 Å². The Balaban J connectivity index is 1.87. The summed E-state index contributed by atoms with van der Waals surface area (Å²) in [4.78, 5) is 24.0. The number of hydrogen-bond donors (Lipinski definition) is 1. The van der Waals surface area contributed by atoms with Crippen molar-refractivity contribution in [2.45, 2.75) is 0 Å². The van der Waals surface area contributed by atoms with E-state index in [4.69, 9.17) is 11.6 Å². The zero-order chi connectivity index (χ0) is 15.5. The maximum absolute atomic E-state index is 13.7. The van der Waals surface area contributed by atoms with E-state index >= 15 is 0 Å². The number of carbonyl (C=O) groups is 1. The molecule has 0 fully saturated rings. The van der Waals surface area contributed by atoms with Gasteiger partial charge in [-0.05, 0) is 12.1 Å². The molecule has 0 atom stereocenters. The van der Waals surface area contributed by atoms with Crippen LogP contribution in [0.5, 0.6) is 0 Å². The van der Waals surface area contributed by atoms with Gasteiger partial charge in [-0.2, -0.15) is 0 Å². The Hall–Kier alpha value is -2.80. The second-order valence-corrected chi connectivity index (χ2v) is 4.69. The molecule has 0 aliphatic carbocycles. The van der Waals surface area contributed by atoms with Gasteiger partial charge in [0.05, 0.1) is 10.6 Å². The molecule has 1 amide bonds. The number of amides is 1. The van der Waals surface area contributed by atoms with Crippen molar-refractivity contribution in [3.8, 4) is 5.82 Å².